The van der Waals surface area contributed by atoms with Gasteiger partial charge in [0.15, 0.2) is 17.0 Å². The van der Waals surface area contributed by atoms with Crippen molar-refractivity contribution in [3.8, 4) is 5.69 Å². The second kappa shape index (κ2) is 15.2. The zero-order valence-corrected chi connectivity index (χ0v) is 34.4. The van der Waals surface area contributed by atoms with E-state index in [0.29, 0.717) is 64.7 Å². The van der Waals surface area contributed by atoms with E-state index in [0.717, 1.165) is 39.3 Å². The van der Waals surface area contributed by atoms with Gasteiger partial charge in [-0.3, -0.25) is 39.1 Å². The number of aryl methyl sites for hydroxylation is 4. The van der Waals surface area contributed by atoms with Gasteiger partial charge in [-0.05, 0) is 51.9 Å². The van der Waals surface area contributed by atoms with Crippen molar-refractivity contribution in [1.82, 2.24) is 48.5 Å². The molecule has 2 saturated heterocycles. The van der Waals surface area contributed by atoms with Crippen LogP contribution in [0.3, 0.4) is 0 Å². The molecule has 0 atom stereocenters. The van der Waals surface area contributed by atoms with Gasteiger partial charge >= 0.3 is 11.7 Å². The number of ether oxygens (including phenoxy) is 1. The molecule has 21 heteroatoms. The first-order valence-corrected chi connectivity index (χ1v) is 20.3. The highest BCUT2D eigenvalue weighted by molar-refractivity contribution is 6.07. The van der Waals surface area contributed by atoms with Gasteiger partial charge < -0.3 is 31.0 Å². The molecule has 1 aromatic carbocycles. The number of amides is 4. The first-order chi connectivity index (χ1) is 29.4. The van der Waals surface area contributed by atoms with E-state index in [1.54, 1.807) is 44.5 Å². The van der Waals surface area contributed by atoms with Gasteiger partial charge in [0.1, 0.15) is 12.1 Å². The number of primary amides is 2. The molecule has 8 heterocycles. The van der Waals surface area contributed by atoms with Gasteiger partial charge in [-0.25, -0.2) is 15.0 Å². The van der Waals surface area contributed by atoms with Crippen LogP contribution in [-0.2, 0) is 30.9 Å². The minimum absolute atomic E-state index is 0.117. The molecular weight excluding hydrogens is 785 g/mol. The number of aromatic nitrogens is 10. The molecule has 0 saturated carbocycles. The maximum absolute atomic E-state index is 14.8. The fraction of sp³-hybridized carbons (Fsp3) is 0.400. The minimum atomic E-state index is -0.668. The van der Waals surface area contributed by atoms with E-state index >= 15 is 0 Å². The number of allylic oxidation sites excluding steroid dienone is 2. The number of rotatable bonds is 8. The standard InChI is InChI=1S/C40H46N16O5/c1-5-54-31-29(22(3)49-54)56-23(4)50-55(6-2)37(56)36(60)48-39-46-28-17-25(33(42)58)18-44-34(28)53(39)12-8-7-11-52-30-26(43-10-14-51-13-9-40(19-51)20-61-21-40)15-24(32(41)57)16-27(30)45-38(52)47-35(31)59/h7-8,15-18,43H,5-6,9-14,19-21H2,1-4H3,(H5-,41,42,45,46,47,48,57,58,59,60)/p+1/b8-7+. The van der Waals surface area contributed by atoms with Crippen LogP contribution in [0.15, 0.2) is 36.5 Å². The van der Waals surface area contributed by atoms with Crippen LogP contribution < -0.4 is 32.0 Å². The highest BCUT2D eigenvalue weighted by atomic mass is 16.5. The summed E-state index contributed by atoms with van der Waals surface area (Å²) >= 11 is 0. The SMILES string of the molecule is CCn1nc(C)c2c1C(=O)Nc1nc3cc(C(N)=O)cc(NCCN4CCC5(COC5)C4)c3n1C/C=C/Cn1c(nc3cc(C(N)=O)cnc31)NC(=O)c1n(CC)nc(C)[n+]1-2. The summed E-state index contributed by atoms with van der Waals surface area (Å²) in [6.45, 7) is 13.2. The second-order valence-electron chi connectivity index (χ2n) is 15.7. The van der Waals surface area contributed by atoms with Crippen molar-refractivity contribution < 1.29 is 28.5 Å². The van der Waals surface area contributed by atoms with E-state index in [2.05, 4.69) is 35.9 Å². The van der Waals surface area contributed by atoms with Gasteiger partial charge in [0, 0.05) is 68.5 Å². The summed E-state index contributed by atoms with van der Waals surface area (Å²) in [7, 11) is 0. The van der Waals surface area contributed by atoms with Crippen molar-refractivity contribution in [2.75, 3.05) is 55.3 Å². The minimum Gasteiger partial charge on any atom is -0.382 e. The van der Waals surface area contributed by atoms with Crippen molar-refractivity contribution in [2.24, 2.45) is 16.9 Å². The number of fused-ring (bicyclic) bond motifs is 9. The Labute approximate surface area is 348 Å². The normalized spacial score (nSPS) is 17.0. The van der Waals surface area contributed by atoms with Crippen molar-refractivity contribution in [3.05, 3.63) is 70.7 Å². The van der Waals surface area contributed by atoms with E-state index in [-0.39, 0.29) is 53.0 Å². The Balaban J connectivity index is 1.20. The molecule has 7 N–H and O–H groups in total. The first kappa shape index (κ1) is 39.5. The predicted octanol–water partition coefficient (Wildman–Crippen LogP) is 1.51. The number of benzene rings is 1. The fourth-order valence-electron chi connectivity index (χ4n) is 8.64. The lowest BCUT2D eigenvalue weighted by Crippen LogP contribution is -2.45. The predicted molar refractivity (Wildman–Crippen MR) is 223 cm³/mol. The van der Waals surface area contributed by atoms with E-state index in [1.165, 1.54) is 12.3 Å². The largest absolute Gasteiger partial charge is 0.382 e. The van der Waals surface area contributed by atoms with Gasteiger partial charge in [0.25, 0.3) is 11.7 Å². The Bertz CT molecular complexity index is 2820. The number of nitrogens with zero attached hydrogens (tertiary/aromatic N) is 11. The third kappa shape index (κ3) is 6.84. The zero-order chi connectivity index (χ0) is 42.7. The number of hydrogen-bond acceptors (Lipinski definition) is 12. The number of pyridine rings is 1. The Morgan fingerprint density at radius 2 is 1.59 bits per heavy atom. The fourth-order valence-corrected chi connectivity index (χ4v) is 8.64. The molecule has 0 aliphatic carbocycles. The average molecular weight is 832 g/mol. The first-order valence-electron chi connectivity index (χ1n) is 20.3. The summed E-state index contributed by atoms with van der Waals surface area (Å²) in [5, 5.41) is 19.0. The molecule has 4 amide bonds. The molecule has 0 unspecified atom stereocenters. The van der Waals surface area contributed by atoms with E-state index in [1.807, 2.05) is 30.6 Å². The Morgan fingerprint density at radius 1 is 0.902 bits per heavy atom. The highest BCUT2D eigenvalue weighted by Crippen LogP contribution is 2.37. The molecule has 9 rings (SSSR count). The summed E-state index contributed by atoms with van der Waals surface area (Å²) in [5.74, 6) is -1.47. The van der Waals surface area contributed by atoms with Gasteiger partial charge in [-0.15, -0.1) is 4.68 Å². The number of nitrogens with two attached hydrogens (primary N) is 2. The van der Waals surface area contributed by atoms with Crippen LogP contribution in [-0.4, -0.2) is 112 Å². The maximum atomic E-state index is 14.8. The third-order valence-electron chi connectivity index (χ3n) is 11.6. The number of imidazole rings is 2. The maximum Gasteiger partial charge on any atom is 0.331 e. The molecule has 5 aromatic heterocycles. The number of carbonyl (C=O) groups excluding carboxylic acids is 4. The van der Waals surface area contributed by atoms with Gasteiger partial charge in [-0.1, -0.05) is 12.2 Å². The van der Waals surface area contributed by atoms with Crippen LogP contribution >= 0.6 is 0 Å². The average Bonchev–Trinajstić information content (AvgIpc) is 4.03. The molecule has 61 heavy (non-hydrogen) atoms. The smallest absolute Gasteiger partial charge is 0.331 e. The van der Waals surface area contributed by atoms with Gasteiger partial charge in [0.2, 0.25) is 23.7 Å². The number of carbonyl (C=O) groups is 4. The van der Waals surface area contributed by atoms with E-state index in [9.17, 15) is 19.2 Å². The molecule has 316 valence electrons. The molecule has 3 aliphatic heterocycles. The lowest BCUT2D eigenvalue weighted by atomic mass is 9.85. The van der Waals surface area contributed by atoms with E-state index in [4.69, 9.17) is 26.3 Å². The summed E-state index contributed by atoms with van der Waals surface area (Å²) in [6.07, 6.45) is 6.23. The van der Waals surface area contributed by atoms with Crippen LogP contribution in [0, 0.1) is 19.3 Å². The third-order valence-corrected chi connectivity index (χ3v) is 11.6. The molecule has 21 nitrogen and oxygen atoms in total. The quantitative estimate of drug-likeness (QED) is 0.108. The van der Waals surface area contributed by atoms with Crippen LogP contribution in [0.1, 0.15) is 73.6 Å². The molecule has 3 aliphatic rings. The summed E-state index contributed by atoms with van der Waals surface area (Å²) in [4.78, 5) is 70.6. The van der Waals surface area contributed by atoms with Crippen LogP contribution in [0.25, 0.3) is 27.9 Å². The number of anilines is 3. The molecule has 0 bridgehead atoms. The zero-order valence-electron chi connectivity index (χ0n) is 34.4. The van der Waals surface area contributed by atoms with Crippen LogP contribution in [0.5, 0.6) is 0 Å². The van der Waals surface area contributed by atoms with Crippen molar-refractivity contribution in [2.45, 2.75) is 60.3 Å². The molecule has 1 spiro atoms. The number of hydrogen-bond donors (Lipinski definition) is 5. The van der Waals surface area contributed by atoms with Crippen molar-refractivity contribution >= 4 is 63.4 Å². The summed E-state index contributed by atoms with van der Waals surface area (Å²) in [6, 6.07) is 4.86. The highest BCUT2D eigenvalue weighted by Gasteiger charge is 2.44. The topological polar surface area (TPSA) is 257 Å². The number of likely N-dealkylation sites (tertiary alicyclic amines) is 1. The molecule has 2 fully saturated rings. The lowest BCUT2D eigenvalue weighted by molar-refractivity contribution is -0.606. The summed E-state index contributed by atoms with van der Waals surface area (Å²) in [5.41, 5.74) is 15.6. The van der Waals surface area contributed by atoms with E-state index < -0.39 is 23.6 Å². The Hall–Kier alpha value is -7.00. The van der Waals surface area contributed by atoms with Gasteiger partial charge in [-0.2, -0.15) is 9.67 Å². The van der Waals surface area contributed by atoms with Gasteiger partial charge in [0.05, 0.1) is 41.2 Å². The van der Waals surface area contributed by atoms with Crippen molar-refractivity contribution in [3.63, 3.8) is 0 Å². The molecule has 0 radical (unpaired) electrons. The van der Waals surface area contributed by atoms with Crippen LogP contribution in [0.2, 0.25) is 0 Å². The second-order valence-corrected chi connectivity index (χ2v) is 15.7. The molecular formula is C40H47N16O5+. The van der Waals surface area contributed by atoms with Crippen molar-refractivity contribution in [1.29, 1.82) is 0 Å². The Kier molecular flexibility index (Phi) is 9.85. The summed E-state index contributed by atoms with van der Waals surface area (Å²) < 4.78 is 13.8. The molecule has 6 aromatic rings. The monoisotopic (exact) mass is 831 g/mol. The number of nitrogens with one attached hydrogen (secondary N) is 3. The Morgan fingerprint density at radius 3 is 2.28 bits per heavy atom. The van der Waals surface area contributed by atoms with Crippen LogP contribution in [0.4, 0.5) is 17.6 Å². The lowest BCUT2D eigenvalue weighted by Gasteiger charge is -2.37.